The van der Waals surface area contributed by atoms with Crippen LogP contribution in [0.4, 0.5) is 0 Å². The average Bonchev–Trinajstić information content (AvgIpc) is 2.52. The average molecular weight is 245 g/mol. The van der Waals surface area contributed by atoms with E-state index in [-0.39, 0.29) is 18.4 Å². The van der Waals surface area contributed by atoms with Crippen LogP contribution in [0.5, 0.6) is 0 Å². The molecule has 0 saturated carbocycles. The molecular weight excluding hydrogens is 226 g/mol. The number of aliphatic hydroxyl groups excluding tert-OH is 2. The van der Waals surface area contributed by atoms with Crippen LogP contribution in [0.3, 0.4) is 0 Å². The molecule has 2 atom stereocenters. The van der Waals surface area contributed by atoms with Gasteiger partial charge in [-0.1, -0.05) is 0 Å². The lowest BCUT2D eigenvalue weighted by Gasteiger charge is -2.14. The second-order valence-electron chi connectivity index (χ2n) is 4.16. The van der Waals surface area contributed by atoms with Crippen molar-refractivity contribution in [3.05, 3.63) is 0 Å². The summed E-state index contributed by atoms with van der Waals surface area (Å²) in [7, 11) is 0. The summed E-state index contributed by atoms with van der Waals surface area (Å²) in [6.45, 7) is 2.94. The predicted molar refractivity (Wildman–Crippen MR) is 60.1 cm³/mol. The number of hydrogen-bond donors (Lipinski definition) is 4. The van der Waals surface area contributed by atoms with Crippen LogP contribution in [-0.2, 0) is 9.59 Å². The third-order valence-corrected chi connectivity index (χ3v) is 2.52. The van der Waals surface area contributed by atoms with Crippen LogP contribution in [0.25, 0.3) is 0 Å². The molecule has 1 saturated heterocycles. The highest BCUT2D eigenvalue weighted by molar-refractivity contribution is 5.78. The zero-order valence-electron chi connectivity index (χ0n) is 9.85. The molecule has 98 valence electrons. The van der Waals surface area contributed by atoms with Gasteiger partial charge in [-0.05, 0) is 0 Å². The summed E-state index contributed by atoms with van der Waals surface area (Å²) in [5, 5.41) is 23.8. The van der Waals surface area contributed by atoms with Gasteiger partial charge in [-0.3, -0.25) is 14.5 Å². The maximum atomic E-state index is 11.4. The molecule has 2 amide bonds. The fourth-order valence-electron chi connectivity index (χ4n) is 1.68. The molecule has 1 aliphatic heterocycles. The predicted octanol–water partition coefficient (Wildman–Crippen LogP) is -2.72. The van der Waals surface area contributed by atoms with Gasteiger partial charge in [0.25, 0.3) is 0 Å². The minimum absolute atomic E-state index is 0.134. The molecule has 7 nitrogen and oxygen atoms in total. The monoisotopic (exact) mass is 245 g/mol. The Labute approximate surface area is 99.8 Å². The van der Waals surface area contributed by atoms with Crippen LogP contribution in [0, 0.1) is 0 Å². The molecule has 1 aliphatic rings. The smallest absolute Gasteiger partial charge is 0.234 e. The van der Waals surface area contributed by atoms with Gasteiger partial charge in [0.05, 0.1) is 18.8 Å². The Hall–Kier alpha value is -1.18. The molecule has 0 bridgehead atoms. The Kier molecular flexibility index (Phi) is 5.33. The van der Waals surface area contributed by atoms with Crippen molar-refractivity contribution in [3.8, 4) is 0 Å². The fraction of sp³-hybridized carbons (Fsp3) is 0.800. The minimum Gasteiger partial charge on any atom is -0.389 e. The summed E-state index contributed by atoms with van der Waals surface area (Å²) in [5.74, 6) is -0.318. The number of β-amino-alcohol motifs (C(OH)–C–C–N with tert-alkyl or cyclic N) is 2. The topological polar surface area (TPSA) is 102 Å². The van der Waals surface area contributed by atoms with Crippen molar-refractivity contribution in [2.24, 2.45) is 0 Å². The van der Waals surface area contributed by atoms with Crippen LogP contribution in [0.2, 0.25) is 0 Å². The lowest BCUT2D eigenvalue weighted by Crippen LogP contribution is -2.40. The highest BCUT2D eigenvalue weighted by atomic mass is 16.3. The van der Waals surface area contributed by atoms with E-state index in [1.165, 1.54) is 6.92 Å². The number of likely N-dealkylation sites (tertiary alicyclic amines) is 1. The van der Waals surface area contributed by atoms with E-state index in [1.54, 1.807) is 4.90 Å². The van der Waals surface area contributed by atoms with Gasteiger partial charge < -0.3 is 20.8 Å². The van der Waals surface area contributed by atoms with Gasteiger partial charge in [-0.2, -0.15) is 0 Å². The molecule has 0 unspecified atom stereocenters. The number of amides is 2. The summed E-state index contributed by atoms with van der Waals surface area (Å²) in [4.78, 5) is 23.7. The summed E-state index contributed by atoms with van der Waals surface area (Å²) in [6.07, 6.45) is -1.55. The quantitative estimate of drug-likeness (QED) is 0.394. The van der Waals surface area contributed by atoms with Crippen molar-refractivity contribution in [2.45, 2.75) is 19.1 Å². The maximum Gasteiger partial charge on any atom is 0.234 e. The number of carbonyl (C=O) groups is 2. The molecule has 0 aromatic carbocycles. The van der Waals surface area contributed by atoms with Gasteiger partial charge in [-0.15, -0.1) is 0 Å². The van der Waals surface area contributed by atoms with E-state index in [2.05, 4.69) is 10.6 Å². The molecule has 17 heavy (non-hydrogen) atoms. The third-order valence-electron chi connectivity index (χ3n) is 2.52. The Morgan fingerprint density at radius 2 is 1.71 bits per heavy atom. The van der Waals surface area contributed by atoms with Crippen molar-refractivity contribution in [1.82, 2.24) is 15.5 Å². The van der Waals surface area contributed by atoms with Crippen molar-refractivity contribution in [3.63, 3.8) is 0 Å². The first-order chi connectivity index (χ1) is 7.99. The van der Waals surface area contributed by atoms with Crippen molar-refractivity contribution in [2.75, 3.05) is 32.7 Å². The standard InChI is InChI=1S/C10H19N3O4/c1-7(14)11-2-3-12-10(17)6-13-4-8(15)9(16)5-13/h8-9,15-16H,2-6H2,1H3,(H,11,14)(H,12,17)/t8-,9+. The molecular formula is C10H19N3O4. The van der Waals surface area contributed by atoms with E-state index in [9.17, 15) is 19.8 Å². The molecule has 1 fully saturated rings. The lowest BCUT2D eigenvalue weighted by atomic mass is 10.3. The number of aliphatic hydroxyl groups is 2. The molecule has 7 heteroatoms. The van der Waals surface area contributed by atoms with Gasteiger partial charge >= 0.3 is 0 Å². The third kappa shape index (κ3) is 5.12. The van der Waals surface area contributed by atoms with E-state index in [0.717, 1.165) is 0 Å². The number of nitrogens with one attached hydrogen (secondary N) is 2. The first-order valence-corrected chi connectivity index (χ1v) is 5.58. The van der Waals surface area contributed by atoms with E-state index in [4.69, 9.17) is 0 Å². The zero-order valence-corrected chi connectivity index (χ0v) is 9.85. The highest BCUT2D eigenvalue weighted by Crippen LogP contribution is 2.08. The number of rotatable bonds is 5. The minimum atomic E-state index is -0.776. The maximum absolute atomic E-state index is 11.4. The summed E-state index contributed by atoms with van der Waals surface area (Å²) in [5.41, 5.74) is 0. The Morgan fingerprint density at radius 1 is 1.18 bits per heavy atom. The molecule has 0 aromatic heterocycles. The van der Waals surface area contributed by atoms with Gasteiger partial charge in [-0.25, -0.2) is 0 Å². The normalized spacial score (nSPS) is 24.6. The van der Waals surface area contributed by atoms with E-state index in [0.29, 0.717) is 26.2 Å². The van der Waals surface area contributed by atoms with Gasteiger partial charge in [0.15, 0.2) is 0 Å². The van der Waals surface area contributed by atoms with Crippen LogP contribution in [0.1, 0.15) is 6.92 Å². The zero-order chi connectivity index (χ0) is 12.8. The van der Waals surface area contributed by atoms with Gasteiger partial charge in [0.2, 0.25) is 11.8 Å². The van der Waals surface area contributed by atoms with Crippen LogP contribution >= 0.6 is 0 Å². The summed E-state index contributed by atoms with van der Waals surface area (Å²) >= 11 is 0. The first-order valence-electron chi connectivity index (χ1n) is 5.58. The second-order valence-corrected chi connectivity index (χ2v) is 4.16. The SMILES string of the molecule is CC(=O)NCCNC(=O)CN1C[C@@H](O)[C@@H](O)C1. The van der Waals surface area contributed by atoms with Gasteiger partial charge in [0, 0.05) is 33.1 Å². The van der Waals surface area contributed by atoms with E-state index >= 15 is 0 Å². The molecule has 0 aromatic rings. The highest BCUT2D eigenvalue weighted by Gasteiger charge is 2.30. The Bertz CT molecular complexity index is 275. The first kappa shape index (κ1) is 13.9. The van der Waals surface area contributed by atoms with Crippen LogP contribution in [-0.4, -0.2) is 71.9 Å². The van der Waals surface area contributed by atoms with Crippen LogP contribution in [0.15, 0.2) is 0 Å². The van der Waals surface area contributed by atoms with Crippen molar-refractivity contribution < 1.29 is 19.8 Å². The largest absolute Gasteiger partial charge is 0.389 e. The molecule has 0 radical (unpaired) electrons. The molecule has 1 heterocycles. The Morgan fingerprint density at radius 3 is 2.24 bits per heavy atom. The Balaban J connectivity index is 2.11. The number of nitrogens with zero attached hydrogens (tertiary/aromatic N) is 1. The van der Waals surface area contributed by atoms with E-state index < -0.39 is 12.2 Å². The molecule has 4 N–H and O–H groups in total. The van der Waals surface area contributed by atoms with E-state index in [1.807, 2.05) is 0 Å². The fourth-order valence-corrected chi connectivity index (χ4v) is 1.68. The number of hydrogen-bond acceptors (Lipinski definition) is 5. The molecule has 1 rings (SSSR count). The molecule has 0 aliphatic carbocycles. The van der Waals surface area contributed by atoms with Crippen LogP contribution < -0.4 is 10.6 Å². The van der Waals surface area contributed by atoms with Gasteiger partial charge in [0.1, 0.15) is 0 Å². The number of carbonyl (C=O) groups excluding carboxylic acids is 2. The summed E-state index contributed by atoms with van der Waals surface area (Å²) < 4.78 is 0. The van der Waals surface area contributed by atoms with Crippen molar-refractivity contribution >= 4 is 11.8 Å². The lowest BCUT2D eigenvalue weighted by molar-refractivity contribution is -0.122. The molecule has 0 spiro atoms. The second kappa shape index (κ2) is 6.53. The summed E-state index contributed by atoms with van der Waals surface area (Å²) in [6, 6.07) is 0. The van der Waals surface area contributed by atoms with Crippen molar-refractivity contribution in [1.29, 1.82) is 0 Å².